The molecule has 5 rings (SSSR count). The van der Waals surface area contributed by atoms with Gasteiger partial charge in [-0.25, -0.2) is 12.8 Å². The number of anilines is 1. The molecule has 0 saturated carbocycles. The molecular formula is C23H26FN3O6S. The molecule has 182 valence electrons. The summed E-state index contributed by atoms with van der Waals surface area (Å²) < 4.78 is 57.9. The minimum atomic E-state index is -3.73. The van der Waals surface area contributed by atoms with Crippen molar-refractivity contribution in [1.82, 2.24) is 9.21 Å². The first-order valence-corrected chi connectivity index (χ1v) is 12.7. The summed E-state index contributed by atoms with van der Waals surface area (Å²) >= 11 is 0. The minimum Gasteiger partial charge on any atom is -0.485 e. The molecule has 0 radical (unpaired) electrons. The molecule has 0 aliphatic carbocycles. The van der Waals surface area contributed by atoms with Crippen LogP contribution in [0.4, 0.5) is 10.1 Å². The molecule has 3 aliphatic heterocycles. The molecule has 0 bridgehead atoms. The Morgan fingerprint density at radius 2 is 1.62 bits per heavy atom. The second-order valence-electron chi connectivity index (χ2n) is 8.33. The van der Waals surface area contributed by atoms with E-state index >= 15 is 0 Å². The van der Waals surface area contributed by atoms with E-state index in [4.69, 9.17) is 14.2 Å². The summed E-state index contributed by atoms with van der Waals surface area (Å²) in [5.41, 5.74) is 0.860. The molecule has 2 fully saturated rings. The lowest BCUT2D eigenvalue weighted by Crippen LogP contribution is -2.50. The van der Waals surface area contributed by atoms with Gasteiger partial charge < -0.3 is 24.0 Å². The number of carbonyl (C=O) groups is 1. The van der Waals surface area contributed by atoms with E-state index in [9.17, 15) is 17.6 Å². The summed E-state index contributed by atoms with van der Waals surface area (Å²) in [6.07, 6.45) is -0.771. The fourth-order valence-corrected chi connectivity index (χ4v) is 5.75. The van der Waals surface area contributed by atoms with Crippen molar-refractivity contribution in [2.45, 2.75) is 11.0 Å². The number of nitrogens with zero attached hydrogens (tertiary/aromatic N) is 3. The highest BCUT2D eigenvalue weighted by atomic mass is 32.2. The Bertz CT molecular complexity index is 1150. The zero-order valence-electron chi connectivity index (χ0n) is 18.6. The third-order valence-electron chi connectivity index (χ3n) is 6.24. The third-order valence-corrected chi connectivity index (χ3v) is 8.14. The first-order chi connectivity index (χ1) is 16.4. The lowest BCUT2D eigenvalue weighted by atomic mass is 10.2. The average molecular weight is 492 g/mol. The van der Waals surface area contributed by atoms with Crippen molar-refractivity contribution in [2.24, 2.45) is 0 Å². The minimum absolute atomic E-state index is 0.0169. The van der Waals surface area contributed by atoms with Crippen molar-refractivity contribution in [3.05, 3.63) is 48.3 Å². The number of amides is 1. The van der Waals surface area contributed by atoms with Gasteiger partial charge in [0.1, 0.15) is 12.4 Å². The van der Waals surface area contributed by atoms with Gasteiger partial charge in [-0.3, -0.25) is 4.79 Å². The lowest BCUT2D eigenvalue weighted by molar-refractivity contribution is -0.145. The van der Waals surface area contributed by atoms with E-state index in [0.717, 1.165) is 5.69 Å². The Morgan fingerprint density at radius 3 is 2.32 bits per heavy atom. The van der Waals surface area contributed by atoms with Gasteiger partial charge in [0.05, 0.1) is 18.1 Å². The number of hydrogen-bond acceptors (Lipinski definition) is 7. The van der Waals surface area contributed by atoms with E-state index < -0.39 is 16.1 Å². The number of sulfonamides is 1. The van der Waals surface area contributed by atoms with Gasteiger partial charge in [-0.15, -0.1) is 0 Å². The highest BCUT2D eigenvalue weighted by Gasteiger charge is 2.34. The molecule has 0 aromatic heterocycles. The Hall–Kier alpha value is -2.89. The standard InChI is InChI=1S/C23H26FN3O6S/c24-17-1-3-18(4-2-17)25-7-9-27(10-8-25)34(29,30)19-5-6-20-21(15-19)32-16-22(33-20)23(28)26-11-13-31-14-12-26/h1-6,15,22H,7-14,16H2/t22-/m1/s1. The monoisotopic (exact) mass is 491 g/mol. The maximum absolute atomic E-state index is 13.2. The van der Waals surface area contributed by atoms with Crippen molar-refractivity contribution in [3.63, 3.8) is 0 Å². The molecule has 0 N–H and O–H groups in total. The maximum atomic E-state index is 13.2. The van der Waals surface area contributed by atoms with E-state index in [1.165, 1.54) is 34.6 Å². The van der Waals surface area contributed by atoms with Crippen LogP contribution in [0.15, 0.2) is 47.4 Å². The number of halogens is 1. The summed E-state index contributed by atoms with van der Waals surface area (Å²) in [6.45, 7) is 3.65. The molecular weight excluding hydrogens is 465 g/mol. The van der Waals surface area contributed by atoms with Gasteiger partial charge in [-0.05, 0) is 36.4 Å². The van der Waals surface area contributed by atoms with E-state index in [2.05, 4.69) is 0 Å². The third kappa shape index (κ3) is 4.55. The number of rotatable bonds is 4. The molecule has 1 amide bonds. The number of morpholine rings is 1. The lowest BCUT2D eigenvalue weighted by Gasteiger charge is -2.35. The Morgan fingerprint density at radius 1 is 0.912 bits per heavy atom. The predicted molar refractivity (Wildman–Crippen MR) is 121 cm³/mol. The smallest absolute Gasteiger partial charge is 0.267 e. The highest BCUT2D eigenvalue weighted by molar-refractivity contribution is 7.89. The number of fused-ring (bicyclic) bond motifs is 1. The second-order valence-corrected chi connectivity index (χ2v) is 10.3. The molecule has 34 heavy (non-hydrogen) atoms. The summed E-state index contributed by atoms with van der Waals surface area (Å²) in [7, 11) is -3.73. The number of ether oxygens (including phenoxy) is 3. The van der Waals surface area contributed by atoms with E-state index in [1.54, 1.807) is 17.0 Å². The quantitative estimate of drug-likeness (QED) is 0.638. The van der Waals surface area contributed by atoms with Crippen LogP contribution in [0.25, 0.3) is 0 Å². The number of benzene rings is 2. The first kappa shape index (κ1) is 22.9. The van der Waals surface area contributed by atoms with E-state index in [0.29, 0.717) is 64.0 Å². The van der Waals surface area contributed by atoms with Gasteiger partial charge in [-0.1, -0.05) is 0 Å². The van der Waals surface area contributed by atoms with Crippen LogP contribution in [0.2, 0.25) is 0 Å². The molecule has 9 nitrogen and oxygen atoms in total. The molecule has 3 aliphatic rings. The van der Waals surface area contributed by atoms with Crippen molar-refractivity contribution in [3.8, 4) is 11.5 Å². The second kappa shape index (κ2) is 9.40. The van der Waals surface area contributed by atoms with Crippen molar-refractivity contribution >= 4 is 21.6 Å². The summed E-state index contributed by atoms with van der Waals surface area (Å²) in [5.74, 6) is 0.181. The molecule has 2 aromatic rings. The number of carbonyl (C=O) groups excluding carboxylic acids is 1. The molecule has 2 aromatic carbocycles. The fourth-order valence-electron chi connectivity index (χ4n) is 4.31. The van der Waals surface area contributed by atoms with Crippen LogP contribution in [0, 0.1) is 5.82 Å². The normalized spacial score (nSPS) is 21.4. The van der Waals surface area contributed by atoms with Gasteiger partial charge in [0.2, 0.25) is 16.1 Å². The van der Waals surface area contributed by atoms with Crippen molar-refractivity contribution < 1.29 is 31.8 Å². The van der Waals surface area contributed by atoms with Crippen LogP contribution in [0.5, 0.6) is 11.5 Å². The van der Waals surface area contributed by atoms with E-state index in [-0.39, 0.29) is 23.2 Å². The molecule has 11 heteroatoms. The molecule has 2 saturated heterocycles. The first-order valence-electron chi connectivity index (χ1n) is 11.2. The van der Waals surface area contributed by atoms with Gasteiger partial charge in [-0.2, -0.15) is 4.31 Å². The predicted octanol–water partition coefficient (Wildman–Crippen LogP) is 1.34. The zero-order chi connectivity index (χ0) is 23.7. The Balaban J connectivity index is 1.24. The average Bonchev–Trinajstić information content (AvgIpc) is 2.88. The van der Waals surface area contributed by atoms with Crippen molar-refractivity contribution in [1.29, 1.82) is 0 Å². The molecule has 3 heterocycles. The van der Waals surface area contributed by atoms with Gasteiger partial charge in [0.25, 0.3) is 5.91 Å². The molecule has 1 atom stereocenters. The Kier molecular flexibility index (Phi) is 6.32. The maximum Gasteiger partial charge on any atom is 0.267 e. The van der Waals surface area contributed by atoms with Crippen LogP contribution < -0.4 is 14.4 Å². The van der Waals surface area contributed by atoms with Crippen LogP contribution >= 0.6 is 0 Å². The van der Waals surface area contributed by atoms with Gasteiger partial charge >= 0.3 is 0 Å². The van der Waals surface area contributed by atoms with Crippen LogP contribution in [0.3, 0.4) is 0 Å². The summed E-state index contributed by atoms with van der Waals surface area (Å²) in [6, 6.07) is 10.6. The van der Waals surface area contributed by atoms with Gasteiger partial charge in [0, 0.05) is 51.0 Å². The molecule has 0 unspecified atom stereocenters. The SMILES string of the molecule is O=C([C@H]1COc2cc(S(=O)(=O)N3CCN(c4ccc(F)cc4)CC3)ccc2O1)N1CCOCC1. The Labute approximate surface area is 197 Å². The summed E-state index contributed by atoms with van der Waals surface area (Å²) in [5, 5.41) is 0. The topological polar surface area (TPSA) is 88.6 Å². The zero-order valence-corrected chi connectivity index (χ0v) is 19.4. The van der Waals surface area contributed by atoms with Crippen LogP contribution in [0.1, 0.15) is 0 Å². The van der Waals surface area contributed by atoms with Crippen molar-refractivity contribution in [2.75, 3.05) is 64.0 Å². The fraction of sp³-hybridized carbons (Fsp3) is 0.435. The van der Waals surface area contributed by atoms with Gasteiger partial charge in [0.15, 0.2) is 11.5 Å². The van der Waals surface area contributed by atoms with Crippen LogP contribution in [-0.4, -0.2) is 88.7 Å². The highest BCUT2D eigenvalue weighted by Crippen LogP contribution is 2.35. The van der Waals surface area contributed by atoms with Crippen LogP contribution in [-0.2, 0) is 19.6 Å². The molecule has 0 spiro atoms. The summed E-state index contributed by atoms with van der Waals surface area (Å²) in [4.78, 5) is 16.5. The van der Waals surface area contributed by atoms with E-state index in [1.807, 2.05) is 4.90 Å². The number of piperazine rings is 1. The number of hydrogen-bond donors (Lipinski definition) is 0. The largest absolute Gasteiger partial charge is 0.485 e.